The normalized spacial score (nSPS) is 13.8. The highest BCUT2D eigenvalue weighted by Crippen LogP contribution is 2.24. The predicted octanol–water partition coefficient (Wildman–Crippen LogP) is 1.20. The van der Waals surface area contributed by atoms with Gasteiger partial charge in [0.2, 0.25) is 0 Å². The third-order valence-corrected chi connectivity index (χ3v) is 3.08. The molecule has 1 unspecified atom stereocenters. The Morgan fingerprint density at radius 2 is 2.17 bits per heavy atom. The fourth-order valence-corrected chi connectivity index (χ4v) is 1.56. The first-order valence-corrected chi connectivity index (χ1v) is 5.96. The molecule has 0 aromatic heterocycles. The zero-order valence-corrected chi connectivity index (χ0v) is 11.1. The maximum absolute atomic E-state index is 11.8. The van der Waals surface area contributed by atoms with E-state index >= 15 is 0 Å². The summed E-state index contributed by atoms with van der Waals surface area (Å²) in [6.45, 7) is 3.84. The molecule has 0 aliphatic carbocycles. The van der Waals surface area contributed by atoms with Crippen LogP contribution < -0.4 is 16.4 Å². The molecular weight excluding hydrogens is 230 g/mol. The van der Waals surface area contributed by atoms with Gasteiger partial charge in [-0.15, -0.1) is 0 Å². The maximum atomic E-state index is 11.8. The Hall–Kier alpha value is -1.75. The summed E-state index contributed by atoms with van der Waals surface area (Å²) in [5.41, 5.74) is 6.98. The molecule has 0 bridgehead atoms. The van der Waals surface area contributed by atoms with E-state index in [1.54, 1.807) is 25.2 Å². The van der Waals surface area contributed by atoms with Gasteiger partial charge in [-0.1, -0.05) is 6.92 Å². The highest BCUT2D eigenvalue weighted by molar-refractivity contribution is 6.00. The Morgan fingerprint density at radius 3 is 2.67 bits per heavy atom. The molecule has 1 amide bonds. The zero-order valence-electron chi connectivity index (χ0n) is 11.1. The van der Waals surface area contributed by atoms with Gasteiger partial charge in [-0.05, 0) is 31.5 Å². The SMILES string of the molecule is CCC(C)(CO)Nc1cc(N)ccc1C(=O)NC. The summed E-state index contributed by atoms with van der Waals surface area (Å²) in [7, 11) is 1.58. The van der Waals surface area contributed by atoms with Crippen LogP contribution in [0.4, 0.5) is 11.4 Å². The molecule has 0 spiro atoms. The molecule has 0 saturated heterocycles. The van der Waals surface area contributed by atoms with Crippen molar-refractivity contribution in [2.75, 3.05) is 24.7 Å². The van der Waals surface area contributed by atoms with E-state index in [1.165, 1.54) is 0 Å². The fourth-order valence-electron chi connectivity index (χ4n) is 1.56. The molecule has 0 saturated carbocycles. The van der Waals surface area contributed by atoms with Crippen molar-refractivity contribution in [3.8, 4) is 0 Å². The summed E-state index contributed by atoms with van der Waals surface area (Å²) in [6, 6.07) is 5.05. The van der Waals surface area contributed by atoms with Crippen LogP contribution in [-0.4, -0.2) is 30.2 Å². The molecule has 0 radical (unpaired) electrons. The first-order chi connectivity index (χ1) is 8.45. The van der Waals surface area contributed by atoms with E-state index < -0.39 is 5.54 Å². The number of carbonyl (C=O) groups excluding carboxylic acids is 1. The Balaban J connectivity index is 3.13. The lowest BCUT2D eigenvalue weighted by atomic mass is 9.98. The van der Waals surface area contributed by atoms with Gasteiger partial charge in [0, 0.05) is 18.4 Å². The molecule has 5 nitrogen and oxygen atoms in total. The number of hydrogen-bond donors (Lipinski definition) is 4. The molecule has 0 fully saturated rings. The van der Waals surface area contributed by atoms with E-state index in [2.05, 4.69) is 10.6 Å². The van der Waals surface area contributed by atoms with Gasteiger partial charge in [0.1, 0.15) is 0 Å². The van der Waals surface area contributed by atoms with Gasteiger partial charge in [-0.25, -0.2) is 0 Å². The Bertz CT molecular complexity index is 428. The van der Waals surface area contributed by atoms with Crippen molar-refractivity contribution in [2.45, 2.75) is 25.8 Å². The van der Waals surface area contributed by atoms with Crippen molar-refractivity contribution in [1.29, 1.82) is 0 Å². The lowest BCUT2D eigenvalue weighted by molar-refractivity contribution is 0.0963. The van der Waals surface area contributed by atoms with Crippen molar-refractivity contribution in [3.63, 3.8) is 0 Å². The molecule has 1 atom stereocenters. The molecule has 1 rings (SSSR count). The van der Waals surface area contributed by atoms with Gasteiger partial charge in [-0.3, -0.25) is 4.79 Å². The number of nitrogens with one attached hydrogen (secondary N) is 2. The lowest BCUT2D eigenvalue weighted by Gasteiger charge is -2.29. The van der Waals surface area contributed by atoms with Crippen LogP contribution in [0.25, 0.3) is 0 Å². The van der Waals surface area contributed by atoms with Crippen molar-refractivity contribution >= 4 is 17.3 Å². The van der Waals surface area contributed by atoms with Crippen LogP contribution in [0.2, 0.25) is 0 Å². The first kappa shape index (κ1) is 14.3. The van der Waals surface area contributed by atoms with Crippen molar-refractivity contribution in [3.05, 3.63) is 23.8 Å². The van der Waals surface area contributed by atoms with Crippen LogP contribution >= 0.6 is 0 Å². The van der Waals surface area contributed by atoms with Crippen LogP contribution in [0.3, 0.4) is 0 Å². The van der Waals surface area contributed by atoms with E-state index in [1.807, 2.05) is 13.8 Å². The molecular formula is C13H21N3O2. The summed E-state index contributed by atoms with van der Waals surface area (Å²) < 4.78 is 0. The number of aliphatic hydroxyl groups is 1. The van der Waals surface area contributed by atoms with E-state index in [0.29, 0.717) is 16.9 Å². The molecule has 0 aliphatic rings. The number of hydrogen-bond acceptors (Lipinski definition) is 4. The summed E-state index contributed by atoms with van der Waals surface area (Å²) in [4.78, 5) is 11.8. The number of nitrogen functional groups attached to an aromatic ring is 1. The van der Waals surface area contributed by atoms with Gasteiger partial charge in [-0.2, -0.15) is 0 Å². The van der Waals surface area contributed by atoms with Gasteiger partial charge in [0.25, 0.3) is 5.91 Å². The molecule has 5 heteroatoms. The average Bonchev–Trinajstić information content (AvgIpc) is 2.38. The molecule has 1 aromatic rings. The minimum atomic E-state index is -0.476. The van der Waals surface area contributed by atoms with Crippen LogP contribution in [-0.2, 0) is 0 Å². The average molecular weight is 251 g/mol. The fraction of sp³-hybridized carbons (Fsp3) is 0.462. The molecule has 100 valence electrons. The highest BCUT2D eigenvalue weighted by atomic mass is 16.3. The monoisotopic (exact) mass is 251 g/mol. The van der Waals surface area contributed by atoms with Crippen LogP contribution in [0.1, 0.15) is 30.6 Å². The second-order valence-corrected chi connectivity index (χ2v) is 4.58. The van der Waals surface area contributed by atoms with Gasteiger partial charge in [0.15, 0.2) is 0 Å². The number of carbonyl (C=O) groups is 1. The number of nitrogens with two attached hydrogens (primary N) is 1. The van der Waals surface area contributed by atoms with Gasteiger partial charge < -0.3 is 21.5 Å². The Kier molecular flexibility index (Phi) is 4.55. The summed E-state index contributed by atoms with van der Waals surface area (Å²) in [5.74, 6) is -0.186. The van der Waals surface area contributed by atoms with Crippen LogP contribution in [0, 0.1) is 0 Å². The Labute approximate surface area is 107 Å². The van der Waals surface area contributed by atoms with Crippen molar-refractivity contribution in [2.24, 2.45) is 0 Å². The molecule has 5 N–H and O–H groups in total. The summed E-state index contributed by atoms with van der Waals surface area (Å²) >= 11 is 0. The third kappa shape index (κ3) is 3.13. The van der Waals surface area contributed by atoms with Crippen molar-refractivity contribution < 1.29 is 9.90 Å². The predicted molar refractivity (Wildman–Crippen MR) is 73.6 cm³/mol. The van der Waals surface area contributed by atoms with Gasteiger partial charge >= 0.3 is 0 Å². The maximum Gasteiger partial charge on any atom is 0.253 e. The third-order valence-electron chi connectivity index (χ3n) is 3.08. The highest BCUT2D eigenvalue weighted by Gasteiger charge is 2.23. The standard InChI is InChI=1S/C13H21N3O2/c1-4-13(2,8-17)16-11-7-9(14)5-6-10(11)12(18)15-3/h5-7,16-17H,4,8,14H2,1-3H3,(H,15,18). The van der Waals surface area contributed by atoms with Gasteiger partial charge in [0.05, 0.1) is 17.7 Å². The number of benzene rings is 1. The topological polar surface area (TPSA) is 87.4 Å². The lowest BCUT2D eigenvalue weighted by Crippen LogP contribution is -2.38. The van der Waals surface area contributed by atoms with Crippen LogP contribution in [0.5, 0.6) is 0 Å². The van der Waals surface area contributed by atoms with E-state index in [0.717, 1.165) is 6.42 Å². The molecule has 18 heavy (non-hydrogen) atoms. The molecule has 0 aliphatic heterocycles. The molecule has 1 aromatic carbocycles. The minimum absolute atomic E-state index is 0.0223. The minimum Gasteiger partial charge on any atom is -0.399 e. The number of aliphatic hydroxyl groups excluding tert-OH is 1. The van der Waals surface area contributed by atoms with E-state index in [9.17, 15) is 9.90 Å². The van der Waals surface area contributed by atoms with Crippen molar-refractivity contribution in [1.82, 2.24) is 5.32 Å². The zero-order chi connectivity index (χ0) is 13.8. The van der Waals surface area contributed by atoms with E-state index in [4.69, 9.17) is 5.73 Å². The molecule has 0 heterocycles. The van der Waals surface area contributed by atoms with Crippen LogP contribution in [0.15, 0.2) is 18.2 Å². The smallest absolute Gasteiger partial charge is 0.253 e. The number of anilines is 2. The first-order valence-electron chi connectivity index (χ1n) is 5.96. The van der Waals surface area contributed by atoms with E-state index in [-0.39, 0.29) is 12.5 Å². The quantitative estimate of drug-likeness (QED) is 0.592. The number of amides is 1. The second kappa shape index (κ2) is 5.73. The number of rotatable bonds is 5. The second-order valence-electron chi connectivity index (χ2n) is 4.58. The Morgan fingerprint density at radius 1 is 1.50 bits per heavy atom. The summed E-state index contributed by atoms with van der Waals surface area (Å²) in [5, 5.41) is 15.2. The largest absolute Gasteiger partial charge is 0.399 e. The summed E-state index contributed by atoms with van der Waals surface area (Å²) in [6.07, 6.45) is 0.728.